The molecule has 0 aliphatic carbocycles. The van der Waals surface area contributed by atoms with Crippen LogP contribution in [0.25, 0.3) is 11.0 Å². The van der Waals surface area contributed by atoms with Crippen LogP contribution in [-0.4, -0.2) is 39.0 Å². The Kier molecular flexibility index (Phi) is 5.74. The van der Waals surface area contributed by atoms with E-state index in [0.29, 0.717) is 24.6 Å². The van der Waals surface area contributed by atoms with E-state index >= 15 is 0 Å². The van der Waals surface area contributed by atoms with Crippen LogP contribution in [0.3, 0.4) is 0 Å². The minimum atomic E-state index is -0.172. The van der Waals surface area contributed by atoms with Gasteiger partial charge in [0, 0.05) is 36.0 Å². The van der Waals surface area contributed by atoms with Crippen molar-refractivity contribution in [3.8, 4) is 5.75 Å². The maximum Gasteiger partial charge on any atom is 0.223 e. The molecule has 2 heterocycles. The molecular weight excluding hydrogens is 398 g/mol. The molecule has 1 aliphatic rings. The second-order valence-corrected chi connectivity index (χ2v) is 9.28. The van der Waals surface area contributed by atoms with Crippen molar-refractivity contribution in [1.82, 2.24) is 14.5 Å². The number of aromatic nitrogens is 2. The van der Waals surface area contributed by atoms with Gasteiger partial charge in [-0.05, 0) is 63.6 Å². The number of benzene rings is 2. The first-order valence-electron chi connectivity index (χ1n) is 10.5. The van der Waals surface area contributed by atoms with Crippen molar-refractivity contribution in [2.24, 2.45) is 0 Å². The van der Waals surface area contributed by atoms with Crippen molar-refractivity contribution in [2.75, 3.05) is 13.2 Å². The predicted octanol–water partition coefficient (Wildman–Crippen LogP) is 5.27. The van der Waals surface area contributed by atoms with E-state index in [2.05, 4.69) is 31.4 Å². The Morgan fingerprint density at radius 1 is 1.13 bits per heavy atom. The summed E-state index contributed by atoms with van der Waals surface area (Å²) in [6.07, 6.45) is 1.36. The number of rotatable bonds is 6. The number of amides is 1. The monoisotopic (exact) mass is 425 g/mol. The largest absolute Gasteiger partial charge is 0.494 e. The molecule has 1 atom stereocenters. The van der Waals surface area contributed by atoms with Crippen LogP contribution in [0.2, 0.25) is 5.02 Å². The number of halogens is 1. The van der Waals surface area contributed by atoms with Gasteiger partial charge in [-0.25, -0.2) is 4.98 Å². The summed E-state index contributed by atoms with van der Waals surface area (Å²) < 4.78 is 8.13. The van der Waals surface area contributed by atoms with Gasteiger partial charge in [0.25, 0.3) is 0 Å². The highest BCUT2D eigenvalue weighted by molar-refractivity contribution is 6.30. The van der Waals surface area contributed by atoms with Crippen molar-refractivity contribution in [3.05, 3.63) is 59.4 Å². The van der Waals surface area contributed by atoms with Gasteiger partial charge in [0.05, 0.1) is 17.6 Å². The van der Waals surface area contributed by atoms with Crippen LogP contribution in [-0.2, 0) is 11.3 Å². The molecule has 158 valence electrons. The number of likely N-dealkylation sites (tertiary alicyclic amines) is 1. The molecule has 5 nitrogen and oxygen atoms in total. The van der Waals surface area contributed by atoms with Crippen molar-refractivity contribution in [3.63, 3.8) is 0 Å². The van der Waals surface area contributed by atoms with E-state index in [1.165, 1.54) is 0 Å². The SMILES string of the molecule is CC(C)(C)N1C[C@@H](c2nc3ccccc3n2CCCOc2ccc(Cl)cc2)CC1=O. The van der Waals surface area contributed by atoms with Gasteiger partial charge >= 0.3 is 0 Å². The zero-order valence-corrected chi connectivity index (χ0v) is 18.5. The fraction of sp³-hybridized carbons (Fsp3) is 0.417. The molecule has 0 radical (unpaired) electrons. The second kappa shape index (κ2) is 8.31. The quantitative estimate of drug-likeness (QED) is 0.505. The number of para-hydroxylation sites is 2. The summed E-state index contributed by atoms with van der Waals surface area (Å²) in [5, 5.41) is 0.701. The van der Waals surface area contributed by atoms with E-state index < -0.39 is 0 Å². The summed E-state index contributed by atoms with van der Waals surface area (Å²) in [5.74, 6) is 2.14. The third-order valence-corrected chi connectivity index (χ3v) is 5.84. The highest BCUT2D eigenvalue weighted by Gasteiger charge is 2.38. The topological polar surface area (TPSA) is 47.4 Å². The average Bonchev–Trinajstić information content (AvgIpc) is 3.27. The molecule has 3 aromatic rings. The van der Waals surface area contributed by atoms with Crippen LogP contribution in [0.5, 0.6) is 5.75 Å². The molecule has 0 bridgehead atoms. The number of nitrogens with zero attached hydrogens (tertiary/aromatic N) is 3. The van der Waals surface area contributed by atoms with Gasteiger partial charge in [-0.1, -0.05) is 23.7 Å². The van der Waals surface area contributed by atoms with Crippen molar-refractivity contribution < 1.29 is 9.53 Å². The zero-order chi connectivity index (χ0) is 21.3. The molecule has 0 N–H and O–H groups in total. The number of hydrogen-bond acceptors (Lipinski definition) is 3. The summed E-state index contributed by atoms with van der Waals surface area (Å²) in [6.45, 7) is 8.38. The number of carbonyl (C=O) groups is 1. The van der Waals surface area contributed by atoms with E-state index in [9.17, 15) is 4.79 Å². The number of hydrogen-bond donors (Lipinski definition) is 0. The number of fused-ring (bicyclic) bond motifs is 1. The first-order chi connectivity index (χ1) is 14.3. The fourth-order valence-electron chi connectivity index (χ4n) is 4.11. The summed E-state index contributed by atoms with van der Waals surface area (Å²) >= 11 is 5.93. The van der Waals surface area contributed by atoms with E-state index in [0.717, 1.165) is 35.6 Å². The van der Waals surface area contributed by atoms with Gasteiger partial charge in [0.2, 0.25) is 5.91 Å². The predicted molar refractivity (Wildman–Crippen MR) is 120 cm³/mol. The second-order valence-electron chi connectivity index (χ2n) is 8.84. The van der Waals surface area contributed by atoms with Gasteiger partial charge in [-0.15, -0.1) is 0 Å². The van der Waals surface area contributed by atoms with Crippen LogP contribution in [0.4, 0.5) is 0 Å². The Hall–Kier alpha value is -2.53. The number of carbonyl (C=O) groups excluding carboxylic acids is 1. The summed E-state index contributed by atoms with van der Waals surface area (Å²) in [5.41, 5.74) is 1.92. The highest BCUT2D eigenvalue weighted by atomic mass is 35.5. The van der Waals surface area contributed by atoms with Crippen LogP contribution in [0.15, 0.2) is 48.5 Å². The third-order valence-electron chi connectivity index (χ3n) is 5.59. The van der Waals surface area contributed by atoms with Gasteiger partial charge < -0.3 is 14.2 Å². The Bertz CT molecular complexity index is 1040. The molecule has 1 amide bonds. The summed E-state index contributed by atoms with van der Waals surface area (Å²) in [4.78, 5) is 19.5. The highest BCUT2D eigenvalue weighted by Crippen LogP contribution is 2.34. The number of imidazole rings is 1. The molecule has 30 heavy (non-hydrogen) atoms. The maximum absolute atomic E-state index is 12.6. The van der Waals surface area contributed by atoms with Crippen LogP contribution >= 0.6 is 11.6 Å². The molecule has 4 rings (SSSR count). The lowest BCUT2D eigenvalue weighted by Gasteiger charge is -2.32. The smallest absolute Gasteiger partial charge is 0.223 e. The Labute approximate surface area is 182 Å². The molecule has 0 spiro atoms. The molecule has 0 saturated carbocycles. The Morgan fingerprint density at radius 2 is 1.87 bits per heavy atom. The van der Waals surface area contributed by atoms with Gasteiger partial charge in [-0.3, -0.25) is 4.79 Å². The normalized spacial score (nSPS) is 17.1. The number of ether oxygens (including phenoxy) is 1. The molecule has 1 saturated heterocycles. The van der Waals surface area contributed by atoms with E-state index in [1.807, 2.05) is 47.4 Å². The lowest BCUT2D eigenvalue weighted by atomic mass is 10.1. The first kappa shape index (κ1) is 20.7. The van der Waals surface area contributed by atoms with Gasteiger partial charge in [0.15, 0.2) is 0 Å². The molecule has 1 aromatic heterocycles. The maximum atomic E-state index is 12.6. The lowest BCUT2D eigenvalue weighted by molar-refractivity contribution is -0.131. The van der Waals surface area contributed by atoms with Crippen molar-refractivity contribution >= 4 is 28.5 Å². The van der Waals surface area contributed by atoms with Crippen LogP contribution in [0.1, 0.15) is 45.4 Å². The molecule has 0 unspecified atom stereocenters. The van der Waals surface area contributed by atoms with Crippen LogP contribution in [0, 0.1) is 0 Å². The summed E-state index contributed by atoms with van der Waals surface area (Å²) in [7, 11) is 0. The fourth-order valence-corrected chi connectivity index (χ4v) is 4.24. The molecule has 6 heteroatoms. The average molecular weight is 426 g/mol. The molecular formula is C24H28ClN3O2. The zero-order valence-electron chi connectivity index (χ0n) is 17.8. The minimum absolute atomic E-state index is 0.112. The van der Waals surface area contributed by atoms with E-state index in [1.54, 1.807) is 0 Å². The first-order valence-corrected chi connectivity index (χ1v) is 10.8. The standard InChI is InChI=1S/C24H28ClN3O2/c1-24(2,3)28-16-17(15-22(28)29)23-26-20-7-4-5-8-21(20)27(23)13-6-14-30-19-11-9-18(25)10-12-19/h4-5,7-12,17H,6,13-16H2,1-3H3/t17-/m0/s1. The lowest BCUT2D eigenvalue weighted by Crippen LogP contribution is -2.42. The molecule has 1 aliphatic heterocycles. The van der Waals surface area contributed by atoms with Crippen LogP contribution < -0.4 is 4.74 Å². The number of aryl methyl sites for hydroxylation is 1. The van der Waals surface area contributed by atoms with E-state index in [4.69, 9.17) is 21.3 Å². The minimum Gasteiger partial charge on any atom is -0.494 e. The van der Waals surface area contributed by atoms with E-state index in [-0.39, 0.29) is 17.4 Å². The Morgan fingerprint density at radius 3 is 2.57 bits per heavy atom. The van der Waals surface area contributed by atoms with Crippen molar-refractivity contribution in [1.29, 1.82) is 0 Å². The third kappa shape index (κ3) is 4.31. The Balaban J connectivity index is 1.51. The van der Waals surface area contributed by atoms with Gasteiger partial charge in [-0.2, -0.15) is 0 Å². The molecule has 2 aromatic carbocycles. The van der Waals surface area contributed by atoms with Gasteiger partial charge in [0.1, 0.15) is 11.6 Å². The molecule has 1 fully saturated rings. The summed E-state index contributed by atoms with van der Waals surface area (Å²) in [6, 6.07) is 15.6. The van der Waals surface area contributed by atoms with Crippen molar-refractivity contribution in [2.45, 2.75) is 51.6 Å².